The van der Waals surface area contributed by atoms with E-state index in [0.717, 1.165) is 16.7 Å². The monoisotopic (exact) mass is 435 g/mol. The number of hydrogen-bond acceptors (Lipinski definition) is 3. The van der Waals surface area contributed by atoms with Crippen LogP contribution in [0.5, 0.6) is 5.75 Å². The molecule has 30 heavy (non-hydrogen) atoms. The molecule has 0 saturated heterocycles. The van der Waals surface area contributed by atoms with Gasteiger partial charge in [-0.1, -0.05) is 31.9 Å². The van der Waals surface area contributed by atoms with Crippen molar-refractivity contribution >= 4 is 34.4 Å². The zero-order chi connectivity index (χ0) is 22.3. The van der Waals surface area contributed by atoms with Crippen LogP contribution >= 0.6 is 11.6 Å². The number of fused-ring (bicyclic) bond motifs is 1. The number of carboxylic acid groups (broad SMARTS) is 1. The molecular formula is C22H20ClF2NO4. The second-order valence-electron chi connectivity index (χ2n) is 7.26. The van der Waals surface area contributed by atoms with Gasteiger partial charge in [0.05, 0.1) is 16.5 Å². The standard InChI is InChI=1S/C22H20ClF2NO4/c1-4-10(2)17(22(29)30)18-11(3)26(15-7-8-16(27)20(25)19(15)18)21(28)12-5-6-13(23)14(24)9-12/h5-10,17,27H,4H2,1-3H3,(H,29,30)/t10?,17-/m0/s1. The van der Waals surface area contributed by atoms with Gasteiger partial charge in [0.1, 0.15) is 5.82 Å². The summed E-state index contributed by atoms with van der Waals surface area (Å²) in [7, 11) is 0. The van der Waals surface area contributed by atoms with Gasteiger partial charge < -0.3 is 10.2 Å². The van der Waals surface area contributed by atoms with Crippen molar-refractivity contribution in [2.75, 3.05) is 0 Å². The van der Waals surface area contributed by atoms with E-state index in [1.54, 1.807) is 6.92 Å². The van der Waals surface area contributed by atoms with E-state index in [-0.39, 0.29) is 38.7 Å². The fourth-order valence-electron chi connectivity index (χ4n) is 3.77. The van der Waals surface area contributed by atoms with Crippen molar-refractivity contribution in [1.82, 2.24) is 4.57 Å². The molecule has 0 aliphatic carbocycles. The molecular weight excluding hydrogens is 416 g/mol. The molecule has 158 valence electrons. The Kier molecular flexibility index (Phi) is 5.85. The van der Waals surface area contributed by atoms with Crippen LogP contribution in [0.25, 0.3) is 10.9 Å². The van der Waals surface area contributed by atoms with E-state index in [2.05, 4.69) is 0 Å². The summed E-state index contributed by atoms with van der Waals surface area (Å²) in [6, 6.07) is 5.96. The number of aliphatic carboxylic acids is 1. The molecule has 0 bridgehead atoms. The number of nitrogens with zero attached hydrogens (tertiary/aromatic N) is 1. The lowest BCUT2D eigenvalue weighted by molar-refractivity contribution is -0.140. The van der Waals surface area contributed by atoms with Gasteiger partial charge >= 0.3 is 5.97 Å². The van der Waals surface area contributed by atoms with Gasteiger partial charge in [0, 0.05) is 16.6 Å². The molecule has 0 saturated carbocycles. The summed E-state index contributed by atoms with van der Waals surface area (Å²) in [6.07, 6.45) is 0.500. The van der Waals surface area contributed by atoms with Crippen molar-refractivity contribution in [3.8, 4) is 5.75 Å². The van der Waals surface area contributed by atoms with Crippen LogP contribution < -0.4 is 0 Å². The summed E-state index contributed by atoms with van der Waals surface area (Å²) in [6.45, 7) is 5.04. The Bertz CT molecular complexity index is 1170. The number of phenolic OH excluding ortho intramolecular Hbond substituents is 1. The highest BCUT2D eigenvalue weighted by Gasteiger charge is 2.34. The molecule has 3 rings (SSSR count). The van der Waals surface area contributed by atoms with Crippen LogP contribution in [-0.2, 0) is 4.79 Å². The summed E-state index contributed by atoms with van der Waals surface area (Å²) in [4.78, 5) is 25.3. The molecule has 0 amide bonds. The highest BCUT2D eigenvalue weighted by molar-refractivity contribution is 6.30. The van der Waals surface area contributed by atoms with Crippen LogP contribution in [0.1, 0.15) is 47.8 Å². The first-order valence-electron chi connectivity index (χ1n) is 9.35. The predicted molar refractivity (Wildman–Crippen MR) is 109 cm³/mol. The van der Waals surface area contributed by atoms with E-state index in [0.29, 0.717) is 6.42 Å². The lowest BCUT2D eigenvalue weighted by atomic mass is 9.84. The van der Waals surface area contributed by atoms with E-state index in [4.69, 9.17) is 11.6 Å². The fourth-order valence-corrected chi connectivity index (χ4v) is 3.88. The average molecular weight is 436 g/mol. The van der Waals surface area contributed by atoms with Gasteiger partial charge in [-0.2, -0.15) is 0 Å². The highest BCUT2D eigenvalue weighted by atomic mass is 35.5. The number of phenols is 1. The molecule has 2 aromatic carbocycles. The van der Waals surface area contributed by atoms with Crippen molar-refractivity contribution in [2.24, 2.45) is 5.92 Å². The Labute approximate surface area is 176 Å². The lowest BCUT2D eigenvalue weighted by Crippen LogP contribution is -2.21. The summed E-state index contributed by atoms with van der Waals surface area (Å²) in [5.41, 5.74) is 0.380. The summed E-state index contributed by atoms with van der Waals surface area (Å²) in [5.74, 6) is -5.76. The predicted octanol–water partition coefficient (Wildman–Crippen LogP) is 5.49. The largest absolute Gasteiger partial charge is 0.505 e. The first kappa shape index (κ1) is 21.8. The molecule has 1 unspecified atom stereocenters. The number of carbonyl (C=O) groups is 2. The molecule has 0 fully saturated rings. The molecule has 0 aliphatic rings. The van der Waals surface area contributed by atoms with Crippen LogP contribution in [0.15, 0.2) is 30.3 Å². The Morgan fingerprint density at radius 3 is 2.43 bits per heavy atom. The van der Waals surface area contributed by atoms with Gasteiger partial charge in [-0.3, -0.25) is 14.2 Å². The van der Waals surface area contributed by atoms with E-state index in [1.807, 2.05) is 6.92 Å². The maximum absolute atomic E-state index is 15.0. The Hall–Kier alpha value is -2.93. The molecule has 0 spiro atoms. The topological polar surface area (TPSA) is 79.5 Å². The normalized spacial score (nSPS) is 13.4. The smallest absolute Gasteiger partial charge is 0.311 e. The minimum atomic E-state index is -1.17. The van der Waals surface area contributed by atoms with Gasteiger partial charge in [0.15, 0.2) is 11.6 Å². The van der Waals surface area contributed by atoms with Crippen LogP contribution in [0.2, 0.25) is 5.02 Å². The molecule has 3 aromatic rings. The van der Waals surface area contributed by atoms with Gasteiger partial charge in [-0.15, -0.1) is 0 Å². The van der Waals surface area contributed by atoms with Crippen molar-refractivity contribution in [3.63, 3.8) is 0 Å². The maximum Gasteiger partial charge on any atom is 0.311 e. The lowest BCUT2D eigenvalue weighted by Gasteiger charge is -2.20. The molecule has 8 heteroatoms. The molecule has 0 aliphatic heterocycles. The number of aromatic hydroxyl groups is 1. The van der Waals surface area contributed by atoms with Crippen molar-refractivity contribution in [2.45, 2.75) is 33.1 Å². The second kappa shape index (κ2) is 8.07. The number of rotatable bonds is 5. The average Bonchev–Trinajstić information content (AvgIpc) is 2.98. The van der Waals surface area contributed by atoms with Crippen LogP contribution in [0.4, 0.5) is 8.78 Å². The zero-order valence-corrected chi connectivity index (χ0v) is 17.3. The number of benzene rings is 2. The fraction of sp³-hybridized carbons (Fsp3) is 0.273. The van der Waals surface area contributed by atoms with Crippen molar-refractivity contribution in [1.29, 1.82) is 0 Å². The highest BCUT2D eigenvalue weighted by Crippen LogP contribution is 2.40. The van der Waals surface area contributed by atoms with E-state index >= 15 is 0 Å². The number of carboxylic acids is 1. The van der Waals surface area contributed by atoms with Gasteiger partial charge in [0.2, 0.25) is 0 Å². The minimum Gasteiger partial charge on any atom is -0.505 e. The van der Waals surface area contributed by atoms with E-state index in [1.165, 1.54) is 25.1 Å². The third kappa shape index (κ3) is 3.43. The molecule has 2 N–H and O–H groups in total. The zero-order valence-electron chi connectivity index (χ0n) is 16.5. The second-order valence-corrected chi connectivity index (χ2v) is 7.67. The summed E-state index contributed by atoms with van der Waals surface area (Å²) in [5, 5.41) is 19.5. The minimum absolute atomic E-state index is 0.0349. The third-order valence-corrected chi connectivity index (χ3v) is 5.80. The molecule has 5 nitrogen and oxygen atoms in total. The number of halogens is 3. The van der Waals surface area contributed by atoms with Crippen molar-refractivity contribution < 1.29 is 28.6 Å². The molecule has 2 atom stereocenters. The Balaban J connectivity index is 2.38. The molecule has 1 aromatic heterocycles. The number of hydrogen-bond donors (Lipinski definition) is 2. The summed E-state index contributed by atoms with van der Waals surface area (Å²) < 4.78 is 30.0. The van der Waals surface area contributed by atoms with Gasteiger partial charge in [-0.05, 0) is 48.7 Å². The Morgan fingerprint density at radius 1 is 1.20 bits per heavy atom. The summed E-state index contributed by atoms with van der Waals surface area (Å²) >= 11 is 5.69. The quantitative estimate of drug-likeness (QED) is 0.555. The van der Waals surface area contributed by atoms with Crippen molar-refractivity contribution in [3.05, 3.63) is 63.8 Å². The van der Waals surface area contributed by atoms with Gasteiger partial charge in [-0.25, -0.2) is 8.78 Å². The Morgan fingerprint density at radius 2 is 1.87 bits per heavy atom. The van der Waals surface area contributed by atoms with Crippen LogP contribution in [0, 0.1) is 24.5 Å². The molecule has 1 heterocycles. The van der Waals surface area contributed by atoms with E-state index in [9.17, 15) is 28.6 Å². The van der Waals surface area contributed by atoms with Gasteiger partial charge in [0.25, 0.3) is 5.91 Å². The number of carbonyl (C=O) groups excluding carboxylic acids is 1. The van der Waals surface area contributed by atoms with E-state index < -0.39 is 35.2 Å². The van der Waals surface area contributed by atoms with Crippen LogP contribution in [-0.4, -0.2) is 26.7 Å². The third-order valence-electron chi connectivity index (χ3n) is 5.49. The maximum atomic E-state index is 15.0. The number of aromatic nitrogens is 1. The van der Waals surface area contributed by atoms with Crippen LogP contribution in [0.3, 0.4) is 0 Å². The first-order chi connectivity index (χ1) is 14.1. The molecule has 0 radical (unpaired) electrons. The first-order valence-corrected chi connectivity index (χ1v) is 9.72. The SMILES string of the molecule is CCC(C)[C@H](C(=O)O)c1c(C)n(C(=O)c2ccc(Cl)c(F)c2)c2ccc(O)c(F)c12.